The maximum Gasteiger partial charge on any atom is 0.293 e. The lowest BCUT2D eigenvalue weighted by molar-refractivity contribution is -0.384. The number of ether oxygens (including phenoxy) is 1. The van der Waals surface area contributed by atoms with Crippen molar-refractivity contribution in [2.75, 3.05) is 38.2 Å². The van der Waals surface area contributed by atoms with Crippen LogP contribution in [0, 0.1) is 10.1 Å². The Hall–Kier alpha value is -1.18. The van der Waals surface area contributed by atoms with Gasteiger partial charge in [-0.1, -0.05) is 15.9 Å². The number of morpholine rings is 1. The van der Waals surface area contributed by atoms with Crippen molar-refractivity contribution < 1.29 is 9.66 Å². The highest BCUT2D eigenvalue weighted by Gasteiger charge is 2.21. The largest absolute Gasteiger partial charge is 0.374 e. The number of hydrogen-bond acceptors (Lipinski definition) is 5. The normalized spacial score (nSPS) is 19.2. The molecule has 7 heteroatoms. The first-order valence-electron chi connectivity index (χ1n) is 6.05. The molecule has 1 heterocycles. The fourth-order valence-corrected chi connectivity index (χ4v) is 2.46. The minimum atomic E-state index is -0.365. The van der Waals surface area contributed by atoms with Gasteiger partial charge in [0.15, 0.2) is 0 Å². The van der Waals surface area contributed by atoms with Crippen LogP contribution < -0.4 is 10.2 Å². The number of nitro groups is 1. The Balaban J connectivity index is 2.13. The van der Waals surface area contributed by atoms with Gasteiger partial charge in [-0.15, -0.1) is 0 Å². The molecule has 1 unspecified atom stereocenters. The standard InChI is InChI=1S/C12H16BrN3O3/c1-15(8-10-7-14-4-5-19-10)11-3-2-9(13)6-12(11)16(17)18/h2-3,6,10,14H,4-5,7-8H2,1H3. The van der Waals surface area contributed by atoms with Gasteiger partial charge >= 0.3 is 0 Å². The zero-order valence-electron chi connectivity index (χ0n) is 10.6. The summed E-state index contributed by atoms with van der Waals surface area (Å²) < 4.78 is 6.31. The molecule has 1 saturated heterocycles. The molecule has 1 aliphatic rings. The topological polar surface area (TPSA) is 67.6 Å². The molecule has 0 saturated carbocycles. The Morgan fingerprint density at radius 2 is 2.42 bits per heavy atom. The van der Waals surface area contributed by atoms with Gasteiger partial charge in [-0.25, -0.2) is 0 Å². The Morgan fingerprint density at radius 1 is 1.63 bits per heavy atom. The lowest BCUT2D eigenvalue weighted by Gasteiger charge is -2.29. The molecule has 19 heavy (non-hydrogen) atoms. The van der Waals surface area contributed by atoms with Gasteiger partial charge < -0.3 is 15.0 Å². The van der Waals surface area contributed by atoms with E-state index in [-0.39, 0.29) is 16.7 Å². The van der Waals surface area contributed by atoms with Crippen LogP contribution in [-0.2, 0) is 4.74 Å². The van der Waals surface area contributed by atoms with Gasteiger partial charge in [0.2, 0.25) is 0 Å². The van der Waals surface area contributed by atoms with E-state index < -0.39 is 0 Å². The lowest BCUT2D eigenvalue weighted by atomic mass is 10.2. The summed E-state index contributed by atoms with van der Waals surface area (Å²) in [6, 6.07) is 5.07. The molecule has 0 bridgehead atoms. The van der Waals surface area contributed by atoms with Crippen molar-refractivity contribution in [3.8, 4) is 0 Å². The molecule has 2 rings (SSSR count). The monoisotopic (exact) mass is 329 g/mol. The predicted octanol–water partition coefficient (Wildman–Crippen LogP) is 1.78. The molecule has 0 spiro atoms. The minimum Gasteiger partial charge on any atom is -0.374 e. The van der Waals surface area contributed by atoms with Gasteiger partial charge in [-0.2, -0.15) is 0 Å². The number of nitrogens with one attached hydrogen (secondary N) is 1. The minimum absolute atomic E-state index is 0.0574. The van der Waals surface area contributed by atoms with E-state index in [9.17, 15) is 10.1 Å². The summed E-state index contributed by atoms with van der Waals surface area (Å²) in [5.41, 5.74) is 0.697. The Labute approximate surface area is 120 Å². The van der Waals surface area contributed by atoms with E-state index in [1.807, 2.05) is 11.9 Å². The molecule has 0 aliphatic carbocycles. The van der Waals surface area contributed by atoms with Crippen LogP contribution in [-0.4, -0.2) is 44.3 Å². The third-order valence-corrected chi connectivity index (χ3v) is 3.52. The maximum absolute atomic E-state index is 11.1. The smallest absolute Gasteiger partial charge is 0.293 e. The van der Waals surface area contributed by atoms with Crippen molar-refractivity contribution in [3.63, 3.8) is 0 Å². The summed E-state index contributed by atoms with van der Waals surface area (Å²) in [4.78, 5) is 12.6. The Bertz CT molecular complexity index is 464. The van der Waals surface area contributed by atoms with Gasteiger partial charge in [0.1, 0.15) is 5.69 Å². The zero-order valence-corrected chi connectivity index (χ0v) is 12.2. The van der Waals surface area contributed by atoms with Crippen LogP contribution in [0.1, 0.15) is 0 Å². The molecule has 6 nitrogen and oxygen atoms in total. The second kappa shape index (κ2) is 6.31. The van der Waals surface area contributed by atoms with Crippen LogP contribution in [0.15, 0.2) is 22.7 Å². The van der Waals surface area contributed by atoms with Crippen LogP contribution >= 0.6 is 15.9 Å². The molecule has 1 fully saturated rings. The van der Waals surface area contributed by atoms with Crippen LogP contribution in [0.4, 0.5) is 11.4 Å². The first-order valence-corrected chi connectivity index (χ1v) is 6.84. The molecule has 104 valence electrons. The highest BCUT2D eigenvalue weighted by atomic mass is 79.9. The average molecular weight is 330 g/mol. The molecule has 1 aromatic rings. The highest BCUT2D eigenvalue weighted by molar-refractivity contribution is 9.10. The van der Waals surface area contributed by atoms with Crippen LogP contribution in [0.3, 0.4) is 0 Å². The van der Waals surface area contributed by atoms with Gasteiger partial charge in [-0.05, 0) is 12.1 Å². The van der Waals surface area contributed by atoms with Crippen LogP contribution in [0.5, 0.6) is 0 Å². The summed E-state index contributed by atoms with van der Waals surface area (Å²) in [5, 5.41) is 14.3. The molecular weight excluding hydrogens is 314 g/mol. The van der Waals surface area contributed by atoms with E-state index in [1.165, 1.54) is 6.07 Å². The van der Waals surface area contributed by atoms with Crippen LogP contribution in [0.25, 0.3) is 0 Å². The van der Waals surface area contributed by atoms with Crippen molar-refractivity contribution >= 4 is 27.3 Å². The van der Waals surface area contributed by atoms with Crippen LogP contribution in [0.2, 0.25) is 0 Å². The number of nitrogens with zero attached hydrogens (tertiary/aromatic N) is 2. The Morgan fingerprint density at radius 3 is 3.05 bits per heavy atom. The lowest BCUT2D eigenvalue weighted by Crippen LogP contribution is -2.44. The first kappa shape index (κ1) is 14.2. The number of halogens is 1. The van der Waals surface area contributed by atoms with E-state index in [4.69, 9.17) is 4.74 Å². The van der Waals surface area contributed by atoms with Crippen molar-refractivity contribution in [1.82, 2.24) is 5.32 Å². The second-order valence-electron chi connectivity index (χ2n) is 4.47. The van der Waals surface area contributed by atoms with Gasteiger partial charge in [-0.3, -0.25) is 10.1 Å². The van der Waals surface area contributed by atoms with Gasteiger partial charge in [0.25, 0.3) is 5.69 Å². The van der Waals surface area contributed by atoms with E-state index >= 15 is 0 Å². The quantitative estimate of drug-likeness (QED) is 0.673. The molecule has 1 aliphatic heterocycles. The van der Waals surface area contributed by atoms with Crippen molar-refractivity contribution in [3.05, 3.63) is 32.8 Å². The third-order valence-electron chi connectivity index (χ3n) is 3.03. The number of nitro benzene ring substituents is 1. The fourth-order valence-electron chi connectivity index (χ4n) is 2.11. The SMILES string of the molecule is CN(CC1CNCCO1)c1ccc(Br)cc1[N+](=O)[O-]. The van der Waals surface area contributed by atoms with E-state index in [2.05, 4.69) is 21.2 Å². The van der Waals surface area contributed by atoms with E-state index in [0.29, 0.717) is 23.3 Å². The van der Waals surface area contributed by atoms with Crippen molar-refractivity contribution in [2.45, 2.75) is 6.10 Å². The van der Waals surface area contributed by atoms with Crippen molar-refractivity contribution in [1.29, 1.82) is 0 Å². The number of benzene rings is 1. The molecular formula is C12H16BrN3O3. The summed E-state index contributed by atoms with van der Waals surface area (Å²) in [7, 11) is 1.84. The number of rotatable bonds is 4. The van der Waals surface area contributed by atoms with Crippen molar-refractivity contribution in [2.24, 2.45) is 0 Å². The second-order valence-corrected chi connectivity index (χ2v) is 5.38. The fraction of sp³-hybridized carbons (Fsp3) is 0.500. The maximum atomic E-state index is 11.1. The summed E-state index contributed by atoms with van der Waals surface area (Å²) >= 11 is 3.25. The average Bonchev–Trinajstić information content (AvgIpc) is 2.39. The first-order chi connectivity index (χ1) is 9.08. The summed E-state index contributed by atoms with van der Waals surface area (Å²) in [6.07, 6.45) is 0.0574. The molecule has 0 aromatic heterocycles. The summed E-state index contributed by atoms with van der Waals surface area (Å²) in [5.74, 6) is 0. The molecule has 1 aromatic carbocycles. The molecule has 0 radical (unpaired) electrons. The molecule has 1 atom stereocenters. The Kier molecular flexibility index (Phi) is 4.73. The van der Waals surface area contributed by atoms with E-state index in [1.54, 1.807) is 12.1 Å². The predicted molar refractivity (Wildman–Crippen MR) is 76.7 cm³/mol. The number of likely N-dealkylation sites (N-methyl/N-ethyl adjacent to an activating group) is 1. The van der Waals surface area contributed by atoms with Gasteiger partial charge in [0, 0.05) is 37.2 Å². The highest BCUT2D eigenvalue weighted by Crippen LogP contribution is 2.30. The summed E-state index contributed by atoms with van der Waals surface area (Å²) in [6.45, 7) is 2.93. The van der Waals surface area contributed by atoms with Gasteiger partial charge in [0.05, 0.1) is 17.6 Å². The van der Waals surface area contributed by atoms with E-state index in [0.717, 1.165) is 13.1 Å². The number of anilines is 1. The zero-order chi connectivity index (χ0) is 13.8. The number of hydrogen-bond donors (Lipinski definition) is 1. The third kappa shape index (κ3) is 3.65. The molecule has 1 N–H and O–H groups in total. The molecule has 0 amide bonds.